The minimum Gasteiger partial charge on any atom is -0.458 e. The maximum absolute atomic E-state index is 14.3. The molecule has 0 bridgehead atoms. The summed E-state index contributed by atoms with van der Waals surface area (Å²) in [5.41, 5.74) is -2.71. The van der Waals surface area contributed by atoms with Crippen LogP contribution in [-0.4, -0.2) is 108 Å². The van der Waals surface area contributed by atoms with Gasteiger partial charge in [0.1, 0.15) is 35.6 Å². The van der Waals surface area contributed by atoms with Crippen LogP contribution in [0.5, 0.6) is 0 Å². The Hall–Kier alpha value is -3.59. The highest BCUT2D eigenvalue weighted by Gasteiger charge is 2.57. The summed E-state index contributed by atoms with van der Waals surface area (Å²) in [6.45, 7) is 13.1. The summed E-state index contributed by atoms with van der Waals surface area (Å²) >= 11 is 0. The number of aliphatic hydroxyl groups is 1. The first-order valence-electron chi connectivity index (χ1n) is 17.8. The van der Waals surface area contributed by atoms with Crippen molar-refractivity contribution in [2.45, 2.75) is 129 Å². The molecule has 0 saturated carbocycles. The monoisotopic (exact) mass is 717 g/mol. The van der Waals surface area contributed by atoms with E-state index in [2.05, 4.69) is 10.6 Å². The second-order valence-corrected chi connectivity index (χ2v) is 15.1. The Morgan fingerprint density at radius 2 is 1.67 bits per heavy atom. The van der Waals surface area contributed by atoms with E-state index in [-0.39, 0.29) is 30.8 Å². The predicted octanol–water partition coefficient (Wildman–Crippen LogP) is 4.08. The number of amides is 2. The van der Waals surface area contributed by atoms with Crippen molar-refractivity contribution in [2.75, 3.05) is 19.4 Å². The van der Waals surface area contributed by atoms with Crippen molar-refractivity contribution in [3.63, 3.8) is 0 Å². The lowest BCUT2D eigenvalue weighted by Gasteiger charge is -2.47. The number of cyclic esters (lactones) is 1. The molecule has 3 fully saturated rings. The summed E-state index contributed by atoms with van der Waals surface area (Å²) in [5.74, 6) is -5.87. The van der Waals surface area contributed by atoms with Crippen LogP contribution in [0.4, 0.5) is 15.3 Å². The first kappa shape index (κ1) is 40.2. The number of fused-ring (bicyclic) bond motifs is 1. The molecule has 3 aliphatic heterocycles. The van der Waals surface area contributed by atoms with E-state index in [4.69, 9.17) is 23.7 Å². The largest absolute Gasteiger partial charge is 0.458 e. The fourth-order valence-electron chi connectivity index (χ4n) is 7.96. The number of likely N-dealkylation sites (N-methyl/N-ethyl adjacent to an activating group) is 1. The molecular weight excluding hydrogens is 662 g/mol. The van der Waals surface area contributed by atoms with Gasteiger partial charge >= 0.3 is 18.2 Å². The van der Waals surface area contributed by atoms with Crippen LogP contribution in [0.1, 0.15) is 74.7 Å². The van der Waals surface area contributed by atoms with Crippen LogP contribution in [0.3, 0.4) is 0 Å². The number of anilines is 1. The second kappa shape index (κ2) is 16.0. The molecule has 0 aliphatic carbocycles. The van der Waals surface area contributed by atoms with Crippen molar-refractivity contribution in [3.8, 4) is 0 Å². The Morgan fingerprint density at radius 3 is 2.27 bits per heavy atom. The number of nitrogens with one attached hydrogen (secondary N) is 2. The molecule has 0 spiro atoms. The van der Waals surface area contributed by atoms with Gasteiger partial charge in [-0.2, -0.15) is 0 Å². The molecule has 14 nitrogen and oxygen atoms in total. The summed E-state index contributed by atoms with van der Waals surface area (Å²) < 4.78 is 30.5. The quantitative estimate of drug-likeness (QED) is 0.219. The molecule has 3 aliphatic rings. The van der Waals surface area contributed by atoms with Gasteiger partial charge in [-0.3, -0.25) is 19.7 Å². The predicted molar refractivity (Wildman–Crippen MR) is 186 cm³/mol. The van der Waals surface area contributed by atoms with Gasteiger partial charge in [-0.25, -0.2) is 9.59 Å². The summed E-state index contributed by atoms with van der Waals surface area (Å²) in [4.78, 5) is 70.4. The van der Waals surface area contributed by atoms with E-state index in [9.17, 15) is 29.1 Å². The van der Waals surface area contributed by atoms with E-state index in [0.717, 1.165) is 0 Å². The van der Waals surface area contributed by atoms with E-state index in [0.29, 0.717) is 12.1 Å². The maximum atomic E-state index is 14.3. The van der Waals surface area contributed by atoms with Crippen LogP contribution in [0.15, 0.2) is 30.3 Å². The Kier molecular flexibility index (Phi) is 12.6. The number of benzene rings is 1. The number of carbonyl (C=O) groups excluding carboxylic acids is 5. The standard InChI is InChI=1S/C37H55N3O11/c1-11-26-37(8)30(39-35(46)51-37)21(4)27(41)19(2)18-36(7,50-34(45)38-24-15-13-12-14-16-24)31(22(5)28(42)23(6)32(44)48-26)49-33-29(43)25(40(9)10)17-20(3)47-33/h12-16,19-23,25-26,29-31,33,43H,11,17-18H2,1-10H3,(H,38,45)(H,39,46)/t19-,20-,21+,22+,23?,25+,26-,29-,30-,31-,33+,36-,37-/m1/s1. The molecule has 284 valence electrons. The van der Waals surface area contributed by atoms with Crippen molar-refractivity contribution < 1.29 is 52.8 Å². The number of alkyl carbamates (subject to hydrolysis) is 1. The molecule has 2 amide bonds. The minimum atomic E-state index is -1.72. The molecule has 0 aromatic heterocycles. The lowest BCUT2D eigenvalue weighted by molar-refractivity contribution is -0.292. The SMILES string of the molecule is CC[C@H]1OC(=O)C(C)C(=O)[C@H](C)[C@@H](O[C@@H]2O[C@H](C)C[C@H](N(C)C)[C@H]2O)[C@](C)(OC(=O)Nc2ccccc2)C[C@@H](C)C(=O)[C@H](C)[C@H]2NC(=O)O[C@@]21C. The molecule has 3 heterocycles. The summed E-state index contributed by atoms with van der Waals surface area (Å²) in [7, 11) is 3.65. The number of hydrogen-bond acceptors (Lipinski definition) is 12. The van der Waals surface area contributed by atoms with Crippen molar-refractivity contribution in [1.82, 2.24) is 10.2 Å². The van der Waals surface area contributed by atoms with Crippen molar-refractivity contribution in [3.05, 3.63) is 30.3 Å². The summed E-state index contributed by atoms with van der Waals surface area (Å²) in [6, 6.07) is 7.35. The third kappa shape index (κ3) is 8.56. The van der Waals surface area contributed by atoms with Crippen LogP contribution >= 0.6 is 0 Å². The fraction of sp³-hybridized carbons (Fsp3) is 0.703. The summed E-state index contributed by atoms with van der Waals surface area (Å²) in [5, 5.41) is 16.9. The average molecular weight is 718 g/mol. The number of rotatable bonds is 6. The first-order valence-corrected chi connectivity index (χ1v) is 17.8. The van der Waals surface area contributed by atoms with Crippen LogP contribution in [-0.2, 0) is 38.1 Å². The van der Waals surface area contributed by atoms with Crippen molar-refractivity contribution >= 4 is 35.4 Å². The number of esters is 1. The van der Waals surface area contributed by atoms with E-state index in [1.54, 1.807) is 71.9 Å². The van der Waals surface area contributed by atoms with Crippen LogP contribution in [0.2, 0.25) is 0 Å². The number of ether oxygens (including phenoxy) is 5. The lowest BCUT2D eigenvalue weighted by atomic mass is 9.73. The van der Waals surface area contributed by atoms with Gasteiger partial charge in [-0.15, -0.1) is 0 Å². The highest BCUT2D eigenvalue weighted by atomic mass is 16.7. The second-order valence-electron chi connectivity index (χ2n) is 15.1. The smallest absolute Gasteiger partial charge is 0.412 e. The van der Waals surface area contributed by atoms with Gasteiger partial charge in [-0.1, -0.05) is 45.9 Å². The minimum absolute atomic E-state index is 0.135. The van der Waals surface area contributed by atoms with Crippen molar-refractivity contribution in [1.29, 1.82) is 0 Å². The Balaban J connectivity index is 1.84. The number of Topliss-reactive ketones (excluding diaryl/α,β-unsaturated/α-hetero) is 2. The Morgan fingerprint density at radius 1 is 1.02 bits per heavy atom. The van der Waals surface area contributed by atoms with E-state index < -0.39 is 89.5 Å². The van der Waals surface area contributed by atoms with E-state index in [1.807, 2.05) is 25.9 Å². The third-order valence-electron chi connectivity index (χ3n) is 10.8. The number of ketones is 2. The Bertz CT molecular complexity index is 1440. The number of aliphatic hydroxyl groups excluding tert-OH is 1. The zero-order valence-electron chi connectivity index (χ0n) is 31.3. The van der Waals surface area contributed by atoms with Gasteiger partial charge < -0.3 is 39.0 Å². The lowest BCUT2D eigenvalue weighted by Crippen LogP contribution is -2.60. The van der Waals surface area contributed by atoms with Gasteiger partial charge in [0, 0.05) is 29.5 Å². The van der Waals surface area contributed by atoms with Gasteiger partial charge in [0.25, 0.3) is 0 Å². The number of para-hydroxylation sites is 1. The molecule has 1 aromatic carbocycles. The maximum Gasteiger partial charge on any atom is 0.412 e. The first-order chi connectivity index (χ1) is 23.8. The van der Waals surface area contributed by atoms with E-state index >= 15 is 0 Å². The molecule has 51 heavy (non-hydrogen) atoms. The number of hydrogen-bond donors (Lipinski definition) is 3. The molecule has 13 atom stereocenters. The molecule has 3 saturated heterocycles. The normalized spacial score (nSPS) is 39.6. The van der Waals surface area contributed by atoms with Crippen molar-refractivity contribution in [2.24, 2.45) is 23.7 Å². The molecule has 4 rings (SSSR count). The third-order valence-corrected chi connectivity index (χ3v) is 10.8. The molecular formula is C37H55N3O11. The van der Waals surface area contributed by atoms with Gasteiger partial charge in [0.15, 0.2) is 17.7 Å². The number of nitrogens with zero attached hydrogens (tertiary/aromatic N) is 1. The summed E-state index contributed by atoms with van der Waals surface area (Å²) in [6.07, 6.45) is -6.11. The van der Waals surface area contributed by atoms with Crippen LogP contribution < -0.4 is 10.6 Å². The van der Waals surface area contributed by atoms with E-state index in [1.165, 1.54) is 6.92 Å². The average Bonchev–Trinajstić information content (AvgIpc) is 3.39. The topological polar surface area (TPSA) is 179 Å². The molecule has 0 radical (unpaired) electrons. The molecule has 3 N–H and O–H groups in total. The van der Waals surface area contributed by atoms with Crippen LogP contribution in [0, 0.1) is 23.7 Å². The number of carbonyl (C=O) groups is 5. The zero-order valence-corrected chi connectivity index (χ0v) is 31.3. The van der Waals surface area contributed by atoms with Gasteiger partial charge in [0.05, 0.1) is 12.1 Å². The van der Waals surface area contributed by atoms with Gasteiger partial charge in [0.2, 0.25) is 0 Å². The zero-order chi connectivity index (χ0) is 38.0. The Labute approximate surface area is 300 Å². The highest BCUT2D eigenvalue weighted by Crippen LogP contribution is 2.40. The molecule has 1 unspecified atom stereocenters. The molecule has 14 heteroatoms. The molecule has 1 aromatic rings. The highest BCUT2D eigenvalue weighted by molar-refractivity contribution is 6.00. The van der Waals surface area contributed by atoms with Crippen LogP contribution in [0.25, 0.3) is 0 Å². The van der Waals surface area contributed by atoms with Gasteiger partial charge in [-0.05, 0) is 73.2 Å². The fourth-order valence-corrected chi connectivity index (χ4v) is 7.96.